The van der Waals surface area contributed by atoms with Crippen LogP contribution in [0.15, 0.2) is 45.6 Å². The molecule has 0 aliphatic rings. The predicted molar refractivity (Wildman–Crippen MR) is 109 cm³/mol. The lowest BCUT2D eigenvalue weighted by atomic mass is 10.3. The Labute approximate surface area is 164 Å². The maximum Gasteiger partial charge on any atom is 0.252 e. The Kier molecular flexibility index (Phi) is 5.80. The molecule has 0 spiro atoms. The highest BCUT2D eigenvalue weighted by Gasteiger charge is 2.17. The number of aromatic amines is 1. The Morgan fingerprint density at radius 3 is 2.71 bits per heavy atom. The summed E-state index contributed by atoms with van der Waals surface area (Å²) in [6.07, 6.45) is 1.48. The number of amides is 1. The second-order valence-electron chi connectivity index (χ2n) is 5.71. The number of aryl methyl sites for hydroxylation is 1. The summed E-state index contributed by atoms with van der Waals surface area (Å²) >= 11 is 1.31. The zero-order valence-electron chi connectivity index (χ0n) is 15.5. The van der Waals surface area contributed by atoms with Gasteiger partial charge in [-0.15, -0.1) is 11.3 Å². The van der Waals surface area contributed by atoms with Crippen LogP contribution in [0.2, 0.25) is 0 Å². The number of nitrogens with zero attached hydrogens (tertiary/aromatic N) is 4. The quantitative estimate of drug-likeness (QED) is 0.488. The summed E-state index contributed by atoms with van der Waals surface area (Å²) in [5, 5.41) is 6.31. The van der Waals surface area contributed by atoms with E-state index in [-0.39, 0.29) is 17.4 Å². The highest BCUT2D eigenvalue weighted by Crippen LogP contribution is 2.29. The summed E-state index contributed by atoms with van der Waals surface area (Å²) in [6.45, 7) is 3.19. The minimum absolute atomic E-state index is 0.164. The number of nitrogens with one attached hydrogen (secondary N) is 2. The third-order valence-electron chi connectivity index (χ3n) is 3.58. The Morgan fingerprint density at radius 1 is 1.32 bits per heavy atom. The van der Waals surface area contributed by atoms with E-state index in [2.05, 4.69) is 25.5 Å². The normalized spacial score (nSPS) is 10.8. The number of hydrogen-bond donors (Lipinski definition) is 2. The Morgan fingerprint density at radius 2 is 2.07 bits per heavy atom. The van der Waals surface area contributed by atoms with Gasteiger partial charge in [-0.1, -0.05) is 0 Å². The Balaban J connectivity index is 1.76. The van der Waals surface area contributed by atoms with E-state index in [1.54, 1.807) is 43.7 Å². The van der Waals surface area contributed by atoms with Gasteiger partial charge in [-0.25, -0.2) is 15.4 Å². The number of hydrazone groups is 1. The molecule has 0 aliphatic heterocycles. The summed E-state index contributed by atoms with van der Waals surface area (Å²) in [6, 6.07) is 8.52. The number of H-pyrrole nitrogens is 1. The van der Waals surface area contributed by atoms with Gasteiger partial charge in [-0.3, -0.25) is 19.5 Å². The summed E-state index contributed by atoms with van der Waals surface area (Å²) in [5.74, 6) is 0.774. The Hall–Kier alpha value is -3.53. The molecule has 0 bridgehead atoms. The van der Waals surface area contributed by atoms with Gasteiger partial charge in [0.15, 0.2) is 5.13 Å². The number of aromatic nitrogens is 3. The van der Waals surface area contributed by atoms with E-state index in [9.17, 15) is 9.59 Å². The fourth-order valence-electron chi connectivity index (χ4n) is 2.39. The number of thiazole rings is 1. The number of anilines is 3. The van der Waals surface area contributed by atoms with Gasteiger partial charge in [0.05, 0.1) is 24.7 Å². The minimum Gasteiger partial charge on any atom is -0.497 e. The van der Waals surface area contributed by atoms with E-state index in [0.717, 1.165) is 0 Å². The van der Waals surface area contributed by atoms with Crippen LogP contribution in [0, 0.1) is 6.92 Å². The van der Waals surface area contributed by atoms with Crippen molar-refractivity contribution in [2.24, 2.45) is 5.10 Å². The number of ether oxygens (including phenoxy) is 1. The number of carbonyl (C=O) groups excluding carboxylic acids is 1. The van der Waals surface area contributed by atoms with Crippen molar-refractivity contribution in [1.82, 2.24) is 15.0 Å². The van der Waals surface area contributed by atoms with Crippen molar-refractivity contribution in [3.05, 3.63) is 57.5 Å². The first-order valence-electron chi connectivity index (χ1n) is 8.23. The predicted octanol–water partition coefficient (Wildman–Crippen LogP) is 2.67. The molecule has 1 amide bonds. The van der Waals surface area contributed by atoms with Crippen LogP contribution in [0.5, 0.6) is 5.75 Å². The lowest BCUT2D eigenvalue weighted by Gasteiger charge is -2.18. The molecule has 0 saturated carbocycles. The second-order valence-corrected chi connectivity index (χ2v) is 6.55. The molecule has 28 heavy (non-hydrogen) atoms. The van der Waals surface area contributed by atoms with Crippen LogP contribution < -0.4 is 20.6 Å². The smallest absolute Gasteiger partial charge is 0.252 e. The third-order valence-corrected chi connectivity index (χ3v) is 4.43. The first kappa shape index (κ1) is 19.2. The minimum atomic E-state index is -0.266. The lowest BCUT2D eigenvalue weighted by Crippen LogP contribution is -2.22. The van der Waals surface area contributed by atoms with Gasteiger partial charge < -0.3 is 4.74 Å². The number of methoxy groups -OCH3 is 1. The van der Waals surface area contributed by atoms with E-state index in [1.165, 1.54) is 35.4 Å². The lowest BCUT2D eigenvalue weighted by molar-refractivity contribution is -0.115. The third kappa shape index (κ3) is 4.60. The number of rotatable bonds is 6. The largest absolute Gasteiger partial charge is 0.497 e. The SMILES string of the molecule is COc1ccc(N(C(C)=O)c2nc(/C=N\Nc3nc(C)cc(=O)[nH]3)cs2)cc1. The molecule has 2 N–H and O–H groups in total. The summed E-state index contributed by atoms with van der Waals surface area (Å²) < 4.78 is 5.15. The molecule has 9 nitrogen and oxygen atoms in total. The van der Waals surface area contributed by atoms with Crippen LogP contribution in [0.4, 0.5) is 16.8 Å². The van der Waals surface area contributed by atoms with Gasteiger partial charge in [0.25, 0.3) is 5.56 Å². The van der Waals surface area contributed by atoms with Crippen LogP contribution in [0.1, 0.15) is 18.3 Å². The first-order chi connectivity index (χ1) is 13.5. The first-order valence-corrected chi connectivity index (χ1v) is 9.11. The van der Waals surface area contributed by atoms with Gasteiger partial charge in [0.2, 0.25) is 11.9 Å². The monoisotopic (exact) mass is 398 g/mol. The van der Waals surface area contributed by atoms with Crippen molar-refractivity contribution >= 4 is 40.2 Å². The molecule has 0 fully saturated rings. The molecule has 1 aromatic carbocycles. The van der Waals surface area contributed by atoms with Crippen molar-refractivity contribution in [2.75, 3.05) is 17.4 Å². The van der Waals surface area contributed by atoms with Crippen LogP contribution >= 0.6 is 11.3 Å². The van der Waals surface area contributed by atoms with E-state index in [0.29, 0.717) is 28.0 Å². The molecule has 0 unspecified atom stereocenters. The van der Waals surface area contributed by atoms with E-state index in [1.807, 2.05) is 0 Å². The number of carbonyl (C=O) groups is 1. The van der Waals surface area contributed by atoms with Gasteiger partial charge in [-0.2, -0.15) is 5.10 Å². The maximum absolute atomic E-state index is 12.1. The molecular formula is C18H18N6O3S. The standard InChI is InChI=1S/C18H18N6O3S/c1-11-8-16(26)22-17(20-11)23-19-9-13-10-28-18(21-13)24(12(2)25)14-4-6-15(27-3)7-5-14/h4-10H,1-3H3,(H2,20,22,23,26)/b19-9-. The average molecular weight is 398 g/mol. The molecule has 2 aromatic heterocycles. The van der Waals surface area contributed by atoms with Crippen molar-refractivity contribution in [1.29, 1.82) is 0 Å². The fraction of sp³-hybridized carbons (Fsp3) is 0.167. The molecule has 0 saturated heterocycles. The molecule has 0 atom stereocenters. The Bertz CT molecular complexity index is 1060. The number of hydrogen-bond acceptors (Lipinski definition) is 8. The zero-order valence-corrected chi connectivity index (χ0v) is 16.3. The molecule has 3 rings (SSSR count). The van der Waals surface area contributed by atoms with Crippen molar-refractivity contribution in [3.63, 3.8) is 0 Å². The molecule has 0 aliphatic carbocycles. The second kappa shape index (κ2) is 8.44. The highest BCUT2D eigenvalue weighted by molar-refractivity contribution is 7.14. The van der Waals surface area contributed by atoms with Crippen LogP contribution in [-0.2, 0) is 4.79 Å². The van der Waals surface area contributed by atoms with Crippen LogP contribution in [-0.4, -0.2) is 34.2 Å². The van der Waals surface area contributed by atoms with E-state index >= 15 is 0 Å². The average Bonchev–Trinajstić information content (AvgIpc) is 3.09. The molecular weight excluding hydrogens is 380 g/mol. The van der Waals surface area contributed by atoms with E-state index < -0.39 is 0 Å². The highest BCUT2D eigenvalue weighted by atomic mass is 32.1. The van der Waals surface area contributed by atoms with E-state index in [4.69, 9.17) is 4.74 Å². The van der Waals surface area contributed by atoms with Crippen molar-refractivity contribution < 1.29 is 9.53 Å². The van der Waals surface area contributed by atoms with Gasteiger partial charge >= 0.3 is 0 Å². The molecule has 0 radical (unpaired) electrons. The molecule has 144 valence electrons. The van der Waals surface area contributed by atoms with Gasteiger partial charge in [0.1, 0.15) is 5.75 Å². The van der Waals surface area contributed by atoms with Crippen LogP contribution in [0.25, 0.3) is 0 Å². The summed E-state index contributed by atoms with van der Waals surface area (Å²) in [5.41, 5.74) is 4.21. The van der Waals surface area contributed by atoms with Gasteiger partial charge in [-0.05, 0) is 31.2 Å². The fourth-order valence-corrected chi connectivity index (χ4v) is 3.23. The summed E-state index contributed by atoms with van der Waals surface area (Å²) in [7, 11) is 1.58. The summed E-state index contributed by atoms with van der Waals surface area (Å²) in [4.78, 5) is 36.1. The van der Waals surface area contributed by atoms with Gasteiger partial charge in [0, 0.05) is 24.1 Å². The van der Waals surface area contributed by atoms with Crippen molar-refractivity contribution in [2.45, 2.75) is 13.8 Å². The number of benzene rings is 1. The molecule has 10 heteroatoms. The topological polar surface area (TPSA) is 113 Å². The van der Waals surface area contributed by atoms with Crippen molar-refractivity contribution in [3.8, 4) is 5.75 Å². The zero-order chi connectivity index (χ0) is 20.1. The maximum atomic E-state index is 12.1. The molecule has 2 heterocycles. The molecule has 3 aromatic rings. The van der Waals surface area contributed by atoms with Crippen LogP contribution in [0.3, 0.4) is 0 Å².